The van der Waals surface area contributed by atoms with Crippen LogP contribution in [0.15, 0.2) is 24.3 Å². The van der Waals surface area contributed by atoms with E-state index < -0.39 is 28.9 Å². The highest BCUT2D eigenvalue weighted by molar-refractivity contribution is 6.66. The summed E-state index contributed by atoms with van der Waals surface area (Å²) in [5.41, 5.74) is -2.92. The fraction of sp³-hybridized carbons (Fsp3) is 0.462. The van der Waals surface area contributed by atoms with Gasteiger partial charge in [0.2, 0.25) is 5.24 Å². The van der Waals surface area contributed by atoms with Crippen LogP contribution in [-0.2, 0) is 10.2 Å². The Morgan fingerprint density at radius 2 is 1.80 bits per heavy atom. The van der Waals surface area contributed by atoms with Gasteiger partial charge in [0.1, 0.15) is 11.2 Å². The Bertz CT molecular complexity index is 530. The van der Waals surface area contributed by atoms with Gasteiger partial charge in [-0.25, -0.2) is 0 Å². The van der Waals surface area contributed by atoms with E-state index in [0.29, 0.717) is 12.4 Å². The van der Waals surface area contributed by atoms with Crippen LogP contribution >= 0.6 is 11.6 Å². The first-order chi connectivity index (χ1) is 9.19. The zero-order valence-corrected chi connectivity index (χ0v) is 11.2. The summed E-state index contributed by atoms with van der Waals surface area (Å²) in [6, 6.07) is 5.00. The van der Waals surface area contributed by atoms with Crippen molar-refractivity contribution in [2.24, 2.45) is 0 Å². The van der Waals surface area contributed by atoms with Crippen LogP contribution in [0.4, 0.5) is 17.6 Å². The molecule has 2 nitrogen and oxygen atoms in total. The van der Waals surface area contributed by atoms with Crippen LogP contribution in [0.2, 0.25) is 0 Å². The normalized spacial score (nSPS) is 26.7. The van der Waals surface area contributed by atoms with Crippen LogP contribution in [-0.4, -0.2) is 23.7 Å². The molecule has 1 aliphatic rings. The number of ether oxygens (including phenoxy) is 1. The molecule has 1 aromatic carbocycles. The molecule has 0 saturated heterocycles. The Morgan fingerprint density at radius 1 is 1.25 bits per heavy atom. The lowest BCUT2D eigenvalue weighted by Gasteiger charge is -2.51. The third kappa shape index (κ3) is 1.81. The van der Waals surface area contributed by atoms with Crippen molar-refractivity contribution in [2.75, 3.05) is 6.61 Å². The number of carbonyl (C=O) groups excluding carboxylic acids is 1. The van der Waals surface area contributed by atoms with Gasteiger partial charge in [0.15, 0.2) is 0 Å². The maximum Gasteiger partial charge on any atom is 0.328 e. The molecule has 2 rings (SSSR count). The van der Waals surface area contributed by atoms with Crippen molar-refractivity contribution in [3.63, 3.8) is 0 Å². The summed E-state index contributed by atoms with van der Waals surface area (Å²) in [5.74, 6) is -8.36. The second-order valence-corrected chi connectivity index (χ2v) is 4.94. The van der Waals surface area contributed by atoms with E-state index in [9.17, 15) is 22.4 Å². The summed E-state index contributed by atoms with van der Waals surface area (Å²) in [6.45, 7) is 2.10. The molecule has 0 heterocycles. The topological polar surface area (TPSA) is 26.3 Å². The highest BCUT2D eigenvalue weighted by Crippen LogP contribution is 2.64. The zero-order valence-electron chi connectivity index (χ0n) is 10.4. The lowest BCUT2D eigenvalue weighted by molar-refractivity contribution is -0.316. The highest BCUT2D eigenvalue weighted by Gasteiger charge is 2.83. The van der Waals surface area contributed by atoms with Gasteiger partial charge < -0.3 is 4.74 Å². The summed E-state index contributed by atoms with van der Waals surface area (Å²) < 4.78 is 58.7. The number of hydrogen-bond acceptors (Lipinski definition) is 2. The largest absolute Gasteiger partial charge is 0.494 e. The molecular weight excluding hydrogens is 300 g/mol. The van der Waals surface area contributed by atoms with Gasteiger partial charge >= 0.3 is 11.8 Å². The lowest BCUT2D eigenvalue weighted by atomic mass is 9.59. The quantitative estimate of drug-likeness (QED) is 0.625. The first-order valence-corrected chi connectivity index (χ1v) is 6.26. The lowest BCUT2D eigenvalue weighted by Crippen LogP contribution is -2.71. The molecule has 1 aliphatic carbocycles. The maximum absolute atomic E-state index is 13.7. The van der Waals surface area contributed by atoms with E-state index in [1.165, 1.54) is 12.1 Å². The Morgan fingerprint density at radius 3 is 2.15 bits per heavy atom. The van der Waals surface area contributed by atoms with Crippen molar-refractivity contribution >= 4 is 16.8 Å². The van der Waals surface area contributed by atoms with Gasteiger partial charge in [0.05, 0.1) is 6.61 Å². The van der Waals surface area contributed by atoms with Crippen LogP contribution in [0.3, 0.4) is 0 Å². The molecule has 0 aliphatic heterocycles. The second kappa shape index (κ2) is 4.62. The minimum atomic E-state index is -4.51. The molecule has 20 heavy (non-hydrogen) atoms. The number of rotatable bonds is 4. The maximum atomic E-state index is 13.7. The number of alkyl halides is 4. The molecule has 1 atom stereocenters. The fourth-order valence-corrected chi connectivity index (χ4v) is 2.65. The number of halogens is 5. The van der Waals surface area contributed by atoms with Crippen molar-refractivity contribution < 1.29 is 27.1 Å². The first-order valence-electron chi connectivity index (χ1n) is 5.88. The van der Waals surface area contributed by atoms with Crippen molar-refractivity contribution in [1.29, 1.82) is 0 Å². The van der Waals surface area contributed by atoms with Gasteiger partial charge in [-0.3, -0.25) is 4.79 Å². The van der Waals surface area contributed by atoms with Crippen molar-refractivity contribution in [1.82, 2.24) is 0 Å². The Labute approximate surface area is 117 Å². The van der Waals surface area contributed by atoms with E-state index >= 15 is 0 Å². The van der Waals surface area contributed by atoms with Crippen LogP contribution in [0.1, 0.15) is 18.9 Å². The molecule has 0 bridgehead atoms. The summed E-state index contributed by atoms with van der Waals surface area (Å²) >= 11 is 5.20. The van der Waals surface area contributed by atoms with Crippen molar-refractivity contribution in [3.8, 4) is 5.75 Å². The van der Waals surface area contributed by atoms with E-state index in [2.05, 4.69) is 0 Å². The van der Waals surface area contributed by atoms with Crippen LogP contribution in [0.5, 0.6) is 5.75 Å². The van der Waals surface area contributed by atoms with Crippen molar-refractivity contribution in [2.45, 2.75) is 30.6 Å². The van der Waals surface area contributed by atoms with Gasteiger partial charge in [-0.05, 0) is 36.2 Å². The minimum Gasteiger partial charge on any atom is -0.494 e. The number of benzene rings is 1. The van der Waals surface area contributed by atoms with E-state index in [1.54, 1.807) is 6.92 Å². The average Bonchev–Trinajstić information content (AvgIpc) is 2.36. The second-order valence-electron chi connectivity index (χ2n) is 4.59. The molecule has 0 radical (unpaired) electrons. The Hall–Kier alpha value is -1.30. The van der Waals surface area contributed by atoms with Gasteiger partial charge in [-0.15, -0.1) is 0 Å². The van der Waals surface area contributed by atoms with Crippen LogP contribution in [0.25, 0.3) is 0 Å². The summed E-state index contributed by atoms with van der Waals surface area (Å²) in [6.07, 6.45) is -1.30. The van der Waals surface area contributed by atoms with Crippen LogP contribution < -0.4 is 4.74 Å². The molecule has 1 fully saturated rings. The van der Waals surface area contributed by atoms with E-state index in [0.717, 1.165) is 12.1 Å². The molecule has 1 saturated carbocycles. The SMILES string of the molecule is CCOc1ccc(C2(C(=O)Cl)CC(F)(F)C2(F)F)cc1. The minimum absolute atomic E-state index is 0.239. The van der Waals surface area contributed by atoms with E-state index in [1.807, 2.05) is 0 Å². The molecule has 7 heteroatoms. The van der Waals surface area contributed by atoms with Gasteiger partial charge in [0, 0.05) is 6.42 Å². The molecular formula is C13H11ClF4O2. The smallest absolute Gasteiger partial charge is 0.328 e. The molecule has 110 valence electrons. The molecule has 0 amide bonds. The third-order valence-electron chi connectivity index (χ3n) is 3.48. The molecule has 0 aromatic heterocycles. The summed E-state index contributed by atoms with van der Waals surface area (Å²) in [7, 11) is 0. The summed E-state index contributed by atoms with van der Waals surface area (Å²) in [5, 5.41) is -1.49. The summed E-state index contributed by atoms with van der Waals surface area (Å²) in [4.78, 5) is 11.4. The van der Waals surface area contributed by atoms with Gasteiger partial charge in [0.25, 0.3) is 0 Å². The van der Waals surface area contributed by atoms with E-state index in [4.69, 9.17) is 16.3 Å². The molecule has 0 N–H and O–H groups in total. The predicted octanol–water partition coefficient (Wildman–Crippen LogP) is 3.76. The van der Waals surface area contributed by atoms with Crippen molar-refractivity contribution in [3.05, 3.63) is 29.8 Å². The number of hydrogen-bond donors (Lipinski definition) is 0. The molecule has 1 unspecified atom stereocenters. The highest BCUT2D eigenvalue weighted by atomic mass is 35.5. The Balaban J connectivity index is 2.44. The molecule has 1 aromatic rings. The Kier molecular flexibility index (Phi) is 3.48. The zero-order chi connectivity index (χ0) is 15.2. The fourth-order valence-electron chi connectivity index (χ4n) is 2.35. The van der Waals surface area contributed by atoms with Crippen LogP contribution in [0, 0.1) is 0 Å². The van der Waals surface area contributed by atoms with E-state index in [-0.39, 0.29) is 5.56 Å². The number of carbonyl (C=O) groups is 1. The van der Waals surface area contributed by atoms with Gasteiger partial charge in [-0.2, -0.15) is 17.6 Å². The predicted molar refractivity (Wildman–Crippen MR) is 64.7 cm³/mol. The van der Waals surface area contributed by atoms with Gasteiger partial charge in [-0.1, -0.05) is 12.1 Å². The average molecular weight is 311 g/mol. The third-order valence-corrected chi connectivity index (χ3v) is 3.80. The monoisotopic (exact) mass is 310 g/mol. The standard InChI is InChI=1S/C13H11ClF4O2/c1-2-20-9-5-3-8(4-6-9)11(10(14)19)7-12(15,16)13(11,17)18/h3-6H,2,7H2,1H3. The first kappa shape index (κ1) is 15.1. The molecule has 0 spiro atoms.